The van der Waals surface area contributed by atoms with Gasteiger partial charge in [0.15, 0.2) is 41.0 Å². The molecule has 2 bridgehead atoms. The molecule has 6 N–H and O–H groups in total. The molecule has 2 aliphatic heterocycles. The zero-order valence-corrected chi connectivity index (χ0v) is 53.6. The number of aromatic carboxylic acids is 1. The number of esters is 5. The highest BCUT2D eigenvalue weighted by Gasteiger charge is 2.79. The van der Waals surface area contributed by atoms with E-state index in [1.54, 1.807) is 42.5 Å². The standard InChI is InChI=1S/C70H64F2N2O22S/c1-33-51(93-66(86)57(79)56(37-17-11-8-12-18-37)73-62(81)38-19-13-9-14-20-38)31-70(87)61(95-65(85)39-21-15-10-16-22-39)59-68(7,60(80)58(91-35(3)75)55(33)67(70,5)6)52(30-53-69(59,32-90-53)96-36(4)76)94-64(84)34(2)74-97(88,89)40-23-24-41(42(25-40)63(82)83)54-43-26-45(71)47(77)28-49(43)92-50-29-48(78)46(72)27-44(50)54/h8-29,34,51-53,56-59,61,74,77,79,87H,30-32H2,1-7H3,(H,73,81)(H,82,83)/t34?,51?,52-,53?,56-,57+,58+,59?,61-,68+,69-,70+/m0/s1. The van der Waals surface area contributed by atoms with E-state index in [0.717, 1.165) is 51.1 Å². The highest BCUT2D eigenvalue weighted by Crippen LogP contribution is 2.65. The molecular formula is C70H64F2N2O22S. The smallest absolute Gasteiger partial charge is 0.338 e. The molecular weight excluding hydrogens is 1290 g/mol. The molecule has 27 heteroatoms. The number of phenolic OH excluding ortho intramolecular Hbond substituents is 1. The number of benzene rings is 6. The van der Waals surface area contributed by atoms with Gasteiger partial charge >= 0.3 is 35.8 Å². The maximum absolute atomic E-state index is 16.6. The molecule has 5 aromatic carbocycles. The second-order valence-corrected chi connectivity index (χ2v) is 26.9. The zero-order valence-electron chi connectivity index (χ0n) is 52.8. The van der Waals surface area contributed by atoms with Crippen LogP contribution in [-0.4, -0.2) is 137 Å². The number of aromatic hydroxyl groups is 1. The number of carbonyl (C=O) groups excluding carboxylic acids is 7. The first-order valence-electron chi connectivity index (χ1n) is 30.4. The second kappa shape index (κ2) is 25.5. The van der Waals surface area contributed by atoms with Gasteiger partial charge in [-0.25, -0.2) is 31.6 Å². The van der Waals surface area contributed by atoms with Gasteiger partial charge in [-0.15, -0.1) is 0 Å². The van der Waals surface area contributed by atoms with Gasteiger partial charge in [0.2, 0.25) is 15.5 Å². The molecule has 5 aromatic rings. The number of carboxylic acid groups (broad SMARTS) is 1. The summed E-state index contributed by atoms with van der Waals surface area (Å²) in [5.41, 5.74) is -12.3. The Morgan fingerprint density at radius 3 is 2.00 bits per heavy atom. The van der Waals surface area contributed by atoms with E-state index < -0.39 is 187 Å². The number of ether oxygens (including phenoxy) is 6. The molecule has 2 saturated carbocycles. The van der Waals surface area contributed by atoms with E-state index in [4.69, 9.17) is 32.8 Å². The molecule has 97 heavy (non-hydrogen) atoms. The van der Waals surface area contributed by atoms with Crippen LogP contribution in [0.3, 0.4) is 0 Å². The lowest BCUT2D eigenvalue weighted by atomic mass is 9.44. The van der Waals surface area contributed by atoms with Crippen molar-refractivity contribution < 1.29 is 109 Å². The first-order valence-corrected chi connectivity index (χ1v) is 31.9. The lowest BCUT2D eigenvalue weighted by Crippen LogP contribution is -2.82. The average molecular weight is 1360 g/mol. The fourth-order valence-corrected chi connectivity index (χ4v) is 15.4. The summed E-state index contributed by atoms with van der Waals surface area (Å²) in [6, 6.07) is 25.3. The topological polar surface area (TPSA) is 361 Å². The lowest BCUT2D eigenvalue weighted by molar-refractivity contribution is -0.346. The number of aliphatic hydroxyl groups excluding tert-OH is 1. The summed E-state index contributed by atoms with van der Waals surface area (Å²) >= 11 is 0. The normalized spacial score (nSPS) is 25.1. The number of aliphatic hydroxyl groups is 2. The third kappa shape index (κ3) is 12.0. The van der Waals surface area contributed by atoms with Crippen LogP contribution in [0.4, 0.5) is 8.78 Å². The third-order valence-corrected chi connectivity index (χ3v) is 20.6. The van der Waals surface area contributed by atoms with Crippen molar-refractivity contribution in [2.75, 3.05) is 6.61 Å². The Balaban J connectivity index is 0.997. The quantitative estimate of drug-likeness (QED) is 0.0227. The number of carbonyl (C=O) groups is 8. The Hall–Kier alpha value is -10.1. The minimum atomic E-state index is -5.07. The van der Waals surface area contributed by atoms with E-state index >= 15 is 13.6 Å². The number of ketones is 1. The Bertz CT molecular complexity index is 4580. The summed E-state index contributed by atoms with van der Waals surface area (Å²) < 4.78 is 104. The van der Waals surface area contributed by atoms with Crippen molar-refractivity contribution in [3.05, 3.63) is 189 Å². The van der Waals surface area contributed by atoms with Crippen LogP contribution in [0.1, 0.15) is 104 Å². The van der Waals surface area contributed by atoms with Crippen LogP contribution in [0, 0.1) is 28.4 Å². The van der Waals surface area contributed by atoms with Gasteiger partial charge in [0.1, 0.15) is 47.4 Å². The fourth-order valence-electron chi connectivity index (χ4n) is 14.2. The summed E-state index contributed by atoms with van der Waals surface area (Å²) in [7, 11) is -5.07. The van der Waals surface area contributed by atoms with E-state index in [-0.39, 0.29) is 61.3 Å². The largest absolute Gasteiger partial charge is 0.505 e. The van der Waals surface area contributed by atoms with Gasteiger partial charge in [-0.3, -0.25) is 28.8 Å². The number of nitrogens with one attached hydrogen (secondary N) is 2. The Labute approximate surface area is 551 Å². The highest BCUT2D eigenvalue weighted by molar-refractivity contribution is 7.89. The number of Topliss-reactive ketones (excluding diaryl/α,β-unsaturated/α-hetero) is 1. The molecule has 2 heterocycles. The van der Waals surface area contributed by atoms with Crippen molar-refractivity contribution in [1.82, 2.24) is 10.0 Å². The summed E-state index contributed by atoms with van der Waals surface area (Å²) in [6.07, 6.45) is -12.9. The van der Waals surface area contributed by atoms with Crippen molar-refractivity contribution in [1.29, 1.82) is 0 Å². The Morgan fingerprint density at radius 1 is 0.753 bits per heavy atom. The van der Waals surface area contributed by atoms with Gasteiger partial charge in [0, 0.05) is 66.3 Å². The van der Waals surface area contributed by atoms with Gasteiger partial charge in [0.05, 0.1) is 40.0 Å². The number of fused-ring (bicyclic) bond motifs is 7. The van der Waals surface area contributed by atoms with Crippen LogP contribution in [0.2, 0.25) is 0 Å². The number of amides is 1. The van der Waals surface area contributed by atoms with Crippen molar-refractivity contribution in [3.8, 4) is 28.2 Å². The number of carboxylic acids is 1. The molecule has 506 valence electrons. The minimum Gasteiger partial charge on any atom is -0.505 e. The SMILES string of the molecule is CC(=O)O[C@H]1C(=O)[C@@]2(C)C([C@H](OC(=O)c3ccccc3)[C@]3(O)CC(OC(=O)[C@H](O)[C@@H](NC(=O)c4ccccc4)c4ccccc4)C(C)=C1C3(C)C)[C@]1(OC(C)=O)COC1C[C@@H]2OC(=O)C(C)NS(=O)(=O)c1ccc(-c2c3cc(F)c(=O)cc-3oc3cc(O)c(F)cc23)c(C(=O)O)c1. The molecule has 1 saturated heterocycles. The van der Waals surface area contributed by atoms with Gasteiger partial charge < -0.3 is 58.6 Å². The molecule has 3 fully saturated rings. The van der Waals surface area contributed by atoms with E-state index in [0.29, 0.717) is 12.1 Å². The molecule has 24 nitrogen and oxygen atoms in total. The van der Waals surface area contributed by atoms with Gasteiger partial charge in [0.25, 0.3) is 5.91 Å². The Morgan fingerprint density at radius 2 is 1.39 bits per heavy atom. The second-order valence-electron chi connectivity index (χ2n) is 25.2. The maximum Gasteiger partial charge on any atom is 0.338 e. The van der Waals surface area contributed by atoms with Crippen LogP contribution < -0.4 is 15.5 Å². The summed E-state index contributed by atoms with van der Waals surface area (Å²) in [5, 5.41) is 49.7. The molecule has 1 amide bonds. The van der Waals surface area contributed by atoms with Crippen LogP contribution in [0.25, 0.3) is 33.4 Å². The van der Waals surface area contributed by atoms with Crippen LogP contribution in [-0.2, 0) is 62.4 Å². The van der Waals surface area contributed by atoms with Gasteiger partial charge in [-0.2, -0.15) is 4.72 Å². The number of hydrogen-bond donors (Lipinski definition) is 6. The third-order valence-electron chi connectivity index (χ3n) is 19.0. The highest BCUT2D eigenvalue weighted by atomic mass is 32.2. The molecule has 12 atom stereocenters. The summed E-state index contributed by atoms with van der Waals surface area (Å²) in [6.45, 7) is 7.96. The molecule has 6 aliphatic rings. The number of halogens is 2. The van der Waals surface area contributed by atoms with E-state index in [2.05, 4.69) is 10.0 Å². The van der Waals surface area contributed by atoms with Crippen LogP contribution >= 0.6 is 0 Å². The van der Waals surface area contributed by atoms with Crippen molar-refractivity contribution in [2.45, 2.75) is 126 Å². The summed E-state index contributed by atoms with van der Waals surface area (Å²) in [4.78, 5) is 127. The first kappa shape index (κ1) is 68.3. The number of hydrogen-bond acceptors (Lipinski definition) is 21. The van der Waals surface area contributed by atoms with Gasteiger partial charge in [-0.1, -0.05) is 86.6 Å². The zero-order chi connectivity index (χ0) is 70.2. The van der Waals surface area contributed by atoms with E-state index in [1.807, 2.05) is 0 Å². The molecule has 0 radical (unpaired) electrons. The van der Waals surface area contributed by atoms with Crippen molar-refractivity contribution in [2.24, 2.45) is 16.7 Å². The lowest BCUT2D eigenvalue weighted by Gasteiger charge is -2.67. The molecule has 11 rings (SSSR count). The van der Waals surface area contributed by atoms with Crippen molar-refractivity contribution >= 4 is 68.5 Å². The molecule has 4 unspecified atom stereocenters. The first-order chi connectivity index (χ1) is 45.7. The summed E-state index contributed by atoms with van der Waals surface area (Å²) in [5.74, 6) is -15.3. The predicted octanol–water partition coefficient (Wildman–Crippen LogP) is 7.21. The minimum absolute atomic E-state index is 0.0254. The Kier molecular flexibility index (Phi) is 18.0. The van der Waals surface area contributed by atoms with E-state index in [9.17, 15) is 67.2 Å². The van der Waals surface area contributed by atoms with E-state index in [1.165, 1.54) is 76.2 Å². The monoisotopic (exact) mass is 1350 g/mol. The molecule has 0 aromatic heterocycles. The fraction of sp³-hybridized carbons (Fsp3) is 0.329. The van der Waals surface area contributed by atoms with Crippen LogP contribution in [0.15, 0.2) is 159 Å². The maximum atomic E-state index is 16.6. The number of rotatable bonds is 17. The van der Waals surface area contributed by atoms with Crippen LogP contribution in [0.5, 0.6) is 5.75 Å². The predicted molar refractivity (Wildman–Crippen MR) is 334 cm³/mol. The number of sulfonamides is 1. The average Bonchev–Trinajstić information content (AvgIpc) is 0.668. The number of phenols is 1. The van der Waals surface area contributed by atoms with Crippen molar-refractivity contribution in [3.63, 3.8) is 0 Å². The molecule has 0 spiro atoms. The molecule has 4 aliphatic carbocycles. The van der Waals surface area contributed by atoms with Gasteiger partial charge in [-0.05, 0) is 91.6 Å².